The van der Waals surface area contributed by atoms with E-state index in [1.807, 2.05) is 20.8 Å². The largest absolute Gasteiger partial charge is 0.389 e. The van der Waals surface area contributed by atoms with E-state index in [0.717, 1.165) is 0 Å². The van der Waals surface area contributed by atoms with E-state index in [0.29, 0.717) is 0 Å². The van der Waals surface area contributed by atoms with Crippen molar-refractivity contribution < 1.29 is 18.0 Å². The lowest BCUT2D eigenvalue weighted by Crippen LogP contribution is -2.29. The van der Waals surface area contributed by atoms with Crippen LogP contribution in [0.1, 0.15) is 47.5 Å². The Morgan fingerprint density at radius 3 is 1.75 bits per heavy atom. The number of hydrogen-bond donors (Lipinski definition) is 0. The first kappa shape index (κ1) is 15.5. The first-order valence-electron chi connectivity index (χ1n) is 5.53. The molecule has 0 aliphatic carbocycles. The summed E-state index contributed by atoms with van der Waals surface area (Å²) >= 11 is 0. The third-order valence-electron chi connectivity index (χ3n) is 2.31. The zero-order valence-electron chi connectivity index (χ0n) is 10.6. The topological polar surface area (TPSA) is 17.1 Å². The molecule has 0 aromatic heterocycles. The van der Waals surface area contributed by atoms with Crippen LogP contribution in [-0.4, -0.2) is 12.0 Å². The highest BCUT2D eigenvalue weighted by Crippen LogP contribution is 2.34. The van der Waals surface area contributed by atoms with E-state index in [1.54, 1.807) is 13.8 Å². The third kappa shape index (κ3) is 6.85. The van der Waals surface area contributed by atoms with Crippen LogP contribution in [0.15, 0.2) is 0 Å². The fourth-order valence-corrected chi connectivity index (χ4v) is 1.76. The molecule has 1 unspecified atom stereocenters. The molecule has 0 rings (SSSR count). The zero-order valence-corrected chi connectivity index (χ0v) is 10.6. The molecular weight excluding hydrogens is 217 g/mol. The van der Waals surface area contributed by atoms with Gasteiger partial charge in [-0.3, -0.25) is 4.79 Å². The molecule has 0 aromatic carbocycles. The van der Waals surface area contributed by atoms with Gasteiger partial charge in [-0.25, -0.2) is 0 Å². The molecule has 1 nitrogen and oxygen atoms in total. The van der Waals surface area contributed by atoms with Crippen molar-refractivity contribution in [2.45, 2.75) is 53.6 Å². The molecular formula is C12H21F3O. The second-order valence-corrected chi connectivity index (χ2v) is 5.84. The maximum atomic E-state index is 12.4. The molecule has 0 saturated heterocycles. The Labute approximate surface area is 95.4 Å². The van der Waals surface area contributed by atoms with E-state index in [2.05, 4.69) is 0 Å². The summed E-state index contributed by atoms with van der Waals surface area (Å²) in [4.78, 5) is 11.7. The zero-order chi connectivity index (χ0) is 13.1. The number of hydrogen-bond acceptors (Lipinski definition) is 1. The van der Waals surface area contributed by atoms with Crippen molar-refractivity contribution in [2.24, 2.45) is 17.3 Å². The molecule has 96 valence electrons. The van der Waals surface area contributed by atoms with Gasteiger partial charge in [0.15, 0.2) is 0 Å². The van der Waals surface area contributed by atoms with Crippen molar-refractivity contribution >= 4 is 5.78 Å². The van der Waals surface area contributed by atoms with Crippen LogP contribution in [0.3, 0.4) is 0 Å². The molecule has 0 spiro atoms. The molecule has 0 fully saturated rings. The van der Waals surface area contributed by atoms with Gasteiger partial charge in [0.05, 0.1) is 6.42 Å². The average molecular weight is 238 g/mol. The molecule has 0 bridgehead atoms. The van der Waals surface area contributed by atoms with E-state index in [4.69, 9.17) is 0 Å². The molecule has 0 aliphatic heterocycles. The Balaban J connectivity index is 4.71. The second kappa shape index (κ2) is 5.19. The van der Waals surface area contributed by atoms with Crippen molar-refractivity contribution in [2.75, 3.05) is 0 Å². The number of carbonyl (C=O) groups is 1. The van der Waals surface area contributed by atoms with Crippen LogP contribution < -0.4 is 0 Å². The molecule has 16 heavy (non-hydrogen) atoms. The standard InChI is InChI=1S/C12H21F3O/c1-8(2)10(16)9(6-11(3,4)5)7-12(13,14)15/h8-9H,6-7H2,1-5H3. The van der Waals surface area contributed by atoms with Crippen LogP contribution in [0, 0.1) is 17.3 Å². The quantitative estimate of drug-likeness (QED) is 0.716. The molecule has 0 amide bonds. The Bertz CT molecular complexity index is 220. The van der Waals surface area contributed by atoms with Crippen molar-refractivity contribution in [3.8, 4) is 0 Å². The summed E-state index contributed by atoms with van der Waals surface area (Å²) in [7, 11) is 0. The maximum Gasteiger partial charge on any atom is 0.389 e. The normalized spacial score (nSPS) is 15.3. The Hall–Kier alpha value is -0.540. The molecule has 4 heteroatoms. The van der Waals surface area contributed by atoms with E-state index >= 15 is 0 Å². The maximum absolute atomic E-state index is 12.4. The van der Waals surface area contributed by atoms with Crippen LogP contribution in [0.25, 0.3) is 0 Å². The van der Waals surface area contributed by atoms with Gasteiger partial charge in [0.2, 0.25) is 0 Å². The monoisotopic (exact) mass is 238 g/mol. The van der Waals surface area contributed by atoms with Gasteiger partial charge in [0.1, 0.15) is 5.78 Å². The summed E-state index contributed by atoms with van der Waals surface area (Å²) in [6.45, 7) is 8.85. The van der Waals surface area contributed by atoms with Crippen LogP contribution in [-0.2, 0) is 4.79 Å². The lowest BCUT2D eigenvalue weighted by molar-refractivity contribution is -0.156. The fourth-order valence-electron chi connectivity index (χ4n) is 1.76. The van der Waals surface area contributed by atoms with Crippen LogP contribution in [0.4, 0.5) is 13.2 Å². The third-order valence-corrected chi connectivity index (χ3v) is 2.31. The number of ketones is 1. The number of Topliss-reactive ketones (excluding diaryl/α,β-unsaturated/α-hetero) is 1. The SMILES string of the molecule is CC(C)C(=O)C(CC(C)(C)C)CC(F)(F)F. The van der Waals surface area contributed by atoms with Gasteiger partial charge >= 0.3 is 6.18 Å². The highest BCUT2D eigenvalue weighted by molar-refractivity contribution is 5.82. The summed E-state index contributed by atoms with van der Waals surface area (Å²) in [6, 6.07) is 0. The van der Waals surface area contributed by atoms with Gasteiger partial charge in [0.25, 0.3) is 0 Å². The van der Waals surface area contributed by atoms with Gasteiger partial charge < -0.3 is 0 Å². The van der Waals surface area contributed by atoms with Crippen LogP contribution in [0.2, 0.25) is 0 Å². The van der Waals surface area contributed by atoms with Gasteiger partial charge in [-0.05, 0) is 11.8 Å². The van der Waals surface area contributed by atoms with Gasteiger partial charge in [-0.1, -0.05) is 34.6 Å². The Morgan fingerprint density at radius 1 is 1.06 bits per heavy atom. The molecule has 0 radical (unpaired) electrons. The summed E-state index contributed by atoms with van der Waals surface area (Å²) in [5, 5.41) is 0. The molecule has 0 heterocycles. The van der Waals surface area contributed by atoms with Crippen LogP contribution >= 0.6 is 0 Å². The van der Waals surface area contributed by atoms with Crippen molar-refractivity contribution in [3.05, 3.63) is 0 Å². The fraction of sp³-hybridized carbons (Fsp3) is 0.917. The minimum absolute atomic E-state index is 0.263. The Kier molecular flexibility index (Phi) is 5.02. The first-order valence-corrected chi connectivity index (χ1v) is 5.53. The van der Waals surface area contributed by atoms with E-state index in [1.165, 1.54) is 0 Å². The Morgan fingerprint density at radius 2 is 1.50 bits per heavy atom. The first-order chi connectivity index (χ1) is 6.92. The van der Waals surface area contributed by atoms with Crippen molar-refractivity contribution in [1.29, 1.82) is 0 Å². The van der Waals surface area contributed by atoms with E-state index < -0.39 is 18.5 Å². The molecule has 0 saturated carbocycles. The molecule has 0 N–H and O–H groups in total. The minimum Gasteiger partial charge on any atom is -0.299 e. The van der Waals surface area contributed by atoms with Crippen molar-refractivity contribution in [1.82, 2.24) is 0 Å². The number of alkyl halides is 3. The number of halogens is 3. The lowest BCUT2D eigenvalue weighted by atomic mass is 9.79. The summed E-state index contributed by atoms with van der Waals surface area (Å²) in [5.41, 5.74) is -0.263. The van der Waals surface area contributed by atoms with Gasteiger partial charge in [0, 0.05) is 11.8 Å². The predicted octanol–water partition coefficient (Wildman–Crippen LogP) is 4.22. The summed E-state index contributed by atoms with van der Waals surface area (Å²) in [6.07, 6.45) is -4.98. The van der Waals surface area contributed by atoms with Gasteiger partial charge in [-0.2, -0.15) is 13.2 Å². The van der Waals surface area contributed by atoms with E-state index in [-0.39, 0.29) is 23.5 Å². The van der Waals surface area contributed by atoms with Crippen LogP contribution in [0.5, 0.6) is 0 Å². The number of rotatable bonds is 4. The second-order valence-electron chi connectivity index (χ2n) is 5.84. The molecule has 0 aromatic rings. The molecule has 1 atom stereocenters. The molecule has 0 aliphatic rings. The smallest absolute Gasteiger partial charge is 0.299 e. The van der Waals surface area contributed by atoms with Gasteiger partial charge in [-0.15, -0.1) is 0 Å². The van der Waals surface area contributed by atoms with Crippen molar-refractivity contribution in [3.63, 3.8) is 0 Å². The number of carbonyl (C=O) groups excluding carboxylic acids is 1. The summed E-state index contributed by atoms with van der Waals surface area (Å²) in [5.74, 6) is -1.53. The highest BCUT2D eigenvalue weighted by atomic mass is 19.4. The highest BCUT2D eigenvalue weighted by Gasteiger charge is 2.37. The summed E-state index contributed by atoms with van der Waals surface area (Å²) < 4.78 is 37.1. The van der Waals surface area contributed by atoms with E-state index in [9.17, 15) is 18.0 Å². The average Bonchev–Trinajstić information content (AvgIpc) is 1.95. The predicted molar refractivity (Wildman–Crippen MR) is 58.1 cm³/mol. The minimum atomic E-state index is -4.26. The lowest BCUT2D eigenvalue weighted by Gasteiger charge is -2.27.